The largest absolute Gasteiger partial charge is 0.328 e. The molecule has 0 aliphatic heterocycles. The molecule has 0 amide bonds. The van der Waals surface area contributed by atoms with Gasteiger partial charge in [0.2, 0.25) is 0 Å². The van der Waals surface area contributed by atoms with Gasteiger partial charge in [0.25, 0.3) is 0 Å². The number of rotatable bonds is 0. The fourth-order valence-corrected chi connectivity index (χ4v) is 6.06. The predicted molar refractivity (Wildman–Crippen MR) is 72.6 cm³/mol. The molecule has 3 rings (SSSR count). The summed E-state index contributed by atoms with van der Waals surface area (Å²) in [5, 5.41) is 0. The highest BCUT2D eigenvalue weighted by Gasteiger charge is 2.57. The van der Waals surface area contributed by atoms with Crippen LogP contribution in [0, 0.1) is 35.0 Å². The van der Waals surface area contributed by atoms with Crippen molar-refractivity contribution in [2.75, 3.05) is 0 Å². The van der Waals surface area contributed by atoms with Crippen LogP contribution < -0.4 is 5.73 Å². The third-order valence-electron chi connectivity index (χ3n) is 6.58. The lowest BCUT2D eigenvalue weighted by Crippen LogP contribution is -2.37. The molecule has 0 spiro atoms. The molecule has 3 aliphatic carbocycles. The fraction of sp³-hybridized carbons (Fsp3) is 1.00. The molecule has 0 aromatic heterocycles. The third-order valence-corrected chi connectivity index (χ3v) is 6.58. The Hall–Kier alpha value is -0.0400. The Morgan fingerprint density at radius 1 is 1.00 bits per heavy atom. The summed E-state index contributed by atoms with van der Waals surface area (Å²) >= 11 is 0. The van der Waals surface area contributed by atoms with E-state index in [-0.39, 0.29) is 0 Å². The lowest BCUT2D eigenvalue weighted by Gasteiger charge is -2.41. The van der Waals surface area contributed by atoms with Crippen molar-refractivity contribution in [1.29, 1.82) is 0 Å². The summed E-state index contributed by atoms with van der Waals surface area (Å²) < 4.78 is 0. The summed E-state index contributed by atoms with van der Waals surface area (Å²) in [6, 6.07) is 0.492. The quantitative estimate of drug-likeness (QED) is 0.678. The van der Waals surface area contributed by atoms with Crippen molar-refractivity contribution in [1.82, 2.24) is 0 Å². The highest BCUT2D eigenvalue weighted by atomic mass is 14.7. The maximum Gasteiger partial charge on any atom is 0.00418 e. The first-order chi connectivity index (χ1) is 8.01. The van der Waals surface area contributed by atoms with E-state index in [1.54, 1.807) is 0 Å². The van der Waals surface area contributed by atoms with Crippen molar-refractivity contribution in [3.05, 3.63) is 0 Å². The van der Waals surface area contributed by atoms with E-state index < -0.39 is 0 Å². The summed E-state index contributed by atoms with van der Waals surface area (Å²) in [5.41, 5.74) is 6.78. The second kappa shape index (κ2) is 3.98. The third kappa shape index (κ3) is 1.69. The molecule has 3 fully saturated rings. The molecular weight excluding hydrogens is 206 g/mol. The van der Waals surface area contributed by atoms with Crippen LogP contribution in [0.4, 0.5) is 0 Å². The minimum Gasteiger partial charge on any atom is -0.328 e. The van der Waals surface area contributed by atoms with Crippen molar-refractivity contribution in [2.45, 2.75) is 65.3 Å². The van der Waals surface area contributed by atoms with Crippen LogP contribution >= 0.6 is 0 Å². The molecule has 3 saturated carbocycles. The molecule has 0 radical (unpaired) electrons. The SMILES string of the molecule is CC1CCCC2C3CCC(N)CC3C(C)(C)C12. The molecule has 3 aliphatic rings. The van der Waals surface area contributed by atoms with E-state index in [9.17, 15) is 0 Å². The van der Waals surface area contributed by atoms with Crippen molar-refractivity contribution in [3.63, 3.8) is 0 Å². The monoisotopic (exact) mass is 235 g/mol. The summed E-state index contributed by atoms with van der Waals surface area (Å²) in [4.78, 5) is 0. The molecule has 0 bridgehead atoms. The van der Waals surface area contributed by atoms with E-state index >= 15 is 0 Å². The normalized spacial score (nSPS) is 52.9. The maximum atomic E-state index is 6.24. The van der Waals surface area contributed by atoms with Gasteiger partial charge in [-0.25, -0.2) is 0 Å². The highest BCUT2D eigenvalue weighted by molar-refractivity contribution is 5.07. The standard InChI is InChI=1S/C16H29N/c1-10-5-4-6-13-12-8-7-11(17)9-14(12)16(2,3)15(10)13/h10-15H,4-9,17H2,1-3H3. The Morgan fingerprint density at radius 2 is 1.76 bits per heavy atom. The minimum absolute atomic E-state index is 0.492. The van der Waals surface area contributed by atoms with E-state index in [1.807, 2.05) is 0 Å². The van der Waals surface area contributed by atoms with Crippen LogP contribution in [-0.2, 0) is 0 Å². The van der Waals surface area contributed by atoms with E-state index in [0.29, 0.717) is 11.5 Å². The number of hydrogen-bond donors (Lipinski definition) is 1. The topological polar surface area (TPSA) is 26.0 Å². The van der Waals surface area contributed by atoms with E-state index in [1.165, 1.54) is 38.5 Å². The second-order valence-corrected chi connectivity index (χ2v) is 7.76. The molecular formula is C16H29N. The fourth-order valence-electron chi connectivity index (χ4n) is 6.06. The van der Waals surface area contributed by atoms with Gasteiger partial charge in [-0.15, -0.1) is 0 Å². The second-order valence-electron chi connectivity index (χ2n) is 7.76. The first-order valence-corrected chi connectivity index (χ1v) is 7.77. The molecule has 0 aromatic rings. The van der Waals surface area contributed by atoms with Crippen LogP contribution in [0.15, 0.2) is 0 Å². The van der Waals surface area contributed by atoms with Crippen LogP contribution in [0.25, 0.3) is 0 Å². The van der Waals surface area contributed by atoms with Crippen LogP contribution in [0.1, 0.15) is 59.3 Å². The number of nitrogens with two attached hydrogens (primary N) is 1. The van der Waals surface area contributed by atoms with Crippen molar-refractivity contribution >= 4 is 0 Å². The molecule has 17 heavy (non-hydrogen) atoms. The van der Waals surface area contributed by atoms with E-state index in [2.05, 4.69) is 20.8 Å². The number of fused-ring (bicyclic) bond motifs is 3. The molecule has 2 N–H and O–H groups in total. The molecule has 0 saturated heterocycles. The van der Waals surface area contributed by atoms with Gasteiger partial charge in [0.1, 0.15) is 0 Å². The summed E-state index contributed by atoms with van der Waals surface area (Å²) in [6.45, 7) is 7.61. The predicted octanol–water partition coefficient (Wildman–Crippen LogP) is 3.82. The zero-order valence-corrected chi connectivity index (χ0v) is 11.8. The Labute approximate surface area is 107 Å². The summed E-state index contributed by atoms with van der Waals surface area (Å²) in [6.07, 6.45) is 8.47. The van der Waals surface area contributed by atoms with E-state index in [4.69, 9.17) is 5.73 Å². The molecule has 0 heterocycles. The zero-order valence-electron chi connectivity index (χ0n) is 11.8. The molecule has 6 atom stereocenters. The van der Waals surface area contributed by atoms with Crippen molar-refractivity contribution < 1.29 is 0 Å². The zero-order chi connectivity index (χ0) is 12.2. The Kier molecular flexibility index (Phi) is 2.81. The van der Waals surface area contributed by atoms with Gasteiger partial charge >= 0.3 is 0 Å². The Balaban J connectivity index is 1.92. The van der Waals surface area contributed by atoms with Crippen molar-refractivity contribution in [2.24, 2.45) is 40.7 Å². The molecule has 0 aromatic carbocycles. The van der Waals surface area contributed by atoms with Gasteiger partial charge in [0.15, 0.2) is 0 Å². The highest BCUT2D eigenvalue weighted by Crippen LogP contribution is 2.64. The van der Waals surface area contributed by atoms with Gasteiger partial charge in [0, 0.05) is 6.04 Å². The van der Waals surface area contributed by atoms with Crippen LogP contribution in [-0.4, -0.2) is 6.04 Å². The molecule has 1 heteroatoms. The van der Waals surface area contributed by atoms with Gasteiger partial charge in [-0.3, -0.25) is 0 Å². The van der Waals surface area contributed by atoms with Crippen LogP contribution in [0.2, 0.25) is 0 Å². The Bertz CT molecular complexity index is 296. The van der Waals surface area contributed by atoms with Gasteiger partial charge < -0.3 is 5.73 Å². The first kappa shape index (κ1) is 12.0. The smallest absolute Gasteiger partial charge is 0.00418 e. The Morgan fingerprint density at radius 3 is 2.53 bits per heavy atom. The maximum absolute atomic E-state index is 6.24. The minimum atomic E-state index is 0.492. The summed E-state index contributed by atoms with van der Waals surface area (Å²) in [7, 11) is 0. The van der Waals surface area contributed by atoms with Crippen molar-refractivity contribution in [3.8, 4) is 0 Å². The van der Waals surface area contributed by atoms with Gasteiger partial charge in [0.05, 0.1) is 0 Å². The van der Waals surface area contributed by atoms with Crippen LogP contribution in [0.3, 0.4) is 0 Å². The number of hydrogen-bond acceptors (Lipinski definition) is 1. The lowest BCUT2D eigenvalue weighted by atomic mass is 9.64. The average Bonchev–Trinajstić information content (AvgIpc) is 2.49. The van der Waals surface area contributed by atoms with Gasteiger partial charge in [-0.2, -0.15) is 0 Å². The molecule has 6 unspecified atom stereocenters. The average molecular weight is 235 g/mol. The van der Waals surface area contributed by atoms with Crippen LogP contribution in [0.5, 0.6) is 0 Å². The lowest BCUT2D eigenvalue weighted by molar-refractivity contribution is 0.0790. The van der Waals surface area contributed by atoms with E-state index in [0.717, 1.165) is 29.6 Å². The summed E-state index contributed by atoms with van der Waals surface area (Å²) in [5.74, 6) is 4.90. The first-order valence-electron chi connectivity index (χ1n) is 7.77. The molecule has 98 valence electrons. The van der Waals surface area contributed by atoms with Gasteiger partial charge in [-0.1, -0.05) is 33.6 Å². The molecule has 1 nitrogen and oxygen atoms in total. The van der Waals surface area contributed by atoms with Gasteiger partial charge in [-0.05, 0) is 60.7 Å².